The van der Waals surface area contributed by atoms with Crippen LogP contribution in [0.15, 0.2) is 10.9 Å². The number of aromatic amines is 1. The smallest absolute Gasteiger partial charge is 0.378 e. The maximum atomic E-state index is 13.2. The lowest BCUT2D eigenvalue weighted by Gasteiger charge is -2.22. The number of H-pyrrole nitrogens is 1. The molecule has 3 heterocycles. The van der Waals surface area contributed by atoms with Crippen LogP contribution in [0.4, 0.5) is 0 Å². The van der Waals surface area contributed by atoms with Crippen molar-refractivity contribution in [2.45, 2.75) is 65.1 Å². The van der Waals surface area contributed by atoms with Crippen molar-refractivity contribution in [2.75, 3.05) is 20.3 Å². The average molecular weight is 473 g/mol. The summed E-state index contributed by atoms with van der Waals surface area (Å²) in [7, 11) is 1.63. The molecule has 0 unspecified atom stereocenters. The normalized spacial score (nSPS) is 18.5. The first kappa shape index (κ1) is 24.0. The number of fused-ring (bicyclic) bond motifs is 1. The number of amides is 2. The molecule has 1 atom stereocenters. The van der Waals surface area contributed by atoms with Gasteiger partial charge in [0.05, 0.1) is 30.5 Å². The topological polar surface area (TPSA) is 120 Å². The number of nitrogens with zero attached hydrogens (tertiary/aromatic N) is 3. The second kappa shape index (κ2) is 9.61. The lowest BCUT2D eigenvalue weighted by molar-refractivity contribution is -0.686. The molecule has 1 aliphatic carbocycles. The molecule has 1 saturated heterocycles. The highest BCUT2D eigenvalue weighted by Gasteiger charge is 2.35. The number of rotatable bonds is 8. The van der Waals surface area contributed by atoms with Crippen molar-refractivity contribution in [3.8, 4) is 5.88 Å². The number of aryl methyl sites for hydroxylation is 1. The van der Waals surface area contributed by atoms with Gasteiger partial charge in [-0.1, -0.05) is 18.4 Å². The first-order chi connectivity index (χ1) is 16.2. The summed E-state index contributed by atoms with van der Waals surface area (Å²) in [6.45, 7) is 7.32. The molecule has 0 spiro atoms. The van der Waals surface area contributed by atoms with Crippen molar-refractivity contribution in [2.24, 2.45) is 5.92 Å². The molecule has 4 rings (SSSR count). The lowest BCUT2D eigenvalue weighted by atomic mass is 10.1. The number of ether oxygens (including phenoxy) is 1. The van der Waals surface area contributed by atoms with E-state index in [2.05, 4.69) is 10.4 Å². The molecule has 2 fully saturated rings. The summed E-state index contributed by atoms with van der Waals surface area (Å²) in [4.78, 5) is 40.7. The van der Waals surface area contributed by atoms with Crippen molar-refractivity contribution in [3.05, 3.63) is 33.3 Å². The lowest BCUT2D eigenvalue weighted by Crippen LogP contribution is -2.46. The highest BCUT2D eigenvalue weighted by molar-refractivity contribution is 5.96. The Morgan fingerprint density at radius 3 is 2.71 bits per heavy atom. The quantitative estimate of drug-likeness (QED) is 0.393. The summed E-state index contributed by atoms with van der Waals surface area (Å²) < 4.78 is 8.11. The minimum Gasteiger partial charge on any atom is -0.477 e. The number of nitrogens with one attached hydrogen (secondary N) is 2. The fourth-order valence-corrected chi connectivity index (χ4v) is 4.59. The van der Waals surface area contributed by atoms with E-state index in [-0.39, 0.29) is 35.4 Å². The third-order valence-corrected chi connectivity index (χ3v) is 6.39. The molecule has 34 heavy (non-hydrogen) atoms. The molecule has 10 heteroatoms. The van der Waals surface area contributed by atoms with E-state index in [1.807, 2.05) is 13.8 Å². The Balaban J connectivity index is 1.78. The number of methoxy groups -OCH3 is 1. The van der Waals surface area contributed by atoms with Crippen molar-refractivity contribution < 1.29 is 24.0 Å². The van der Waals surface area contributed by atoms with Crippen LogP contribution in [0.5, 0.6) is 5.88 Å². The zero-order chi connectivity index (χ0) is 24.6. The minimum absolute atomic E-state index is 0.0490. The summed E-state index contributed by atoms with van der Waals surface area (Å²) in [5.74, 6) is -0.934. The highest BCUT2D eigenvalue weighted by Crippen LogP contribution is 2.22. The Morgan fingerprint density at radius 2 is 2.06 bits per heavy atom. The second-order valence-corrected chi connectivity index (χ2v) is 9.68. The van der Waals surface area contributed by atoms with Crippen LogP contribution < -0.4 is 15.4 Å². The van der Waals surface area contributed by atoms with Crippen molar-refractivity contribution in [1.29, 1.82) is 0 Å². The van der Waals surface area contributed by atoms with Crippen LogP contribution in [0.3, 0.4) is 0 Å². The monoisotopic (exact) mass is 472 g/mol. The highest BCUT2D eigenvalue weighted by atomic mass is 16.5. The molecule has 10 nitrogen and oxygen atoms in total. The molecule has 1 aliphatic heterocycles. The average Bonchev–Trinajstić information content (AvgIpc) is 3.35. The fraction of sp³-hybridized carbons (Fsp3) is 0.583. The van der Waals surface area contributed by atoms with Gasteiger partial charge in [0.2, 0.25) is 11.5 Å². The fourth-order valence-electron chi connectivity index (χ4n) is 4.59. The third-order valence-electron chi connectivity index (χ3n) is 6.39. The first-order valence-corrected chi connectivity index (χ1v) is 11.9. The van der Waals surface area contributed by atoms with Gasteiger partial charge < -0.3 is 20.1 Å². The van der Waals surface area contributed by atoms with E-state index >= 15 is 0 Å². The molecular formula is C24H34N5O5+. The van der Waals surface area contributed by atoms with E-state index in [1.54, 1.807) is 29.6 Å². The van der Waals surface area contributed by atoms with Gasteiger partial charge in [-0.3, -0.25) is 9.59 Å². The molecule has 0 bridgehead atoms. The van der Waals surface area contributed by atoms with Crippen molar-refractivity contribution in [1.82, 2.24) is 19.8 Å². The predicted octanol–water partition coefficient (Wildman–Crippen LogP) is 1.13. The Kier molecular flexibility index (Phi) is 6.79. The minimum atomic E-state index is -0.626. The third kappa shape index (κ3) is 4.59. The maximum Gasteiger partial charge on any atom is 0.378 e. The molecule has 3 N–H and O–H groups in total. The van der Waals surface area contributed by atoms with Crippen LogP contribution in [-0.4, -0.2) is 63.8 Å². The molecule has 0 aromatic carbocycles. The molecule has 2 amide bonds. The maximum absolute atomic E-state index is 13.2. The number of carbonyl (C=O) groups excluding carboxylic acids is 2. The van der Waals surface area contributed by atoms with Gasteiger partial charge in [0.15, 0.2) is 0 Å². The van der Waals surface area contributed by atoms with Gasteiger partial charge in [-0.15, -0.1) is 0 Å². The molecule has 184 valence electrons. The molecule has 2 aliphatic rings. The number of hydrogen-bond acceptors (Lipinski definition) is 5. The van der Waals surface area contributed by atoms with Crippen LogP contribution in [0.1, 0.15) is 61.1 Å². The van der Waals surface area contributed by atoms with Gasteiger partial charge >= 0.3 is 17.1 Å². The zero-order valence-electron chi connectivity index (χ0n) is 20.3. The number of aromatic hydroxyl groups is 1. The number of likely N-dealkylation sites (tertiary alicyclic amines) is 1. The first-order valence-electron chi connectivity index (χ1n) is 11.9. The molecule has 2 aromatic heterocycles. The van der Waals surface area contributed by atoms with Gasteiger partial charge in [0.25, 0.3) is 5.91 Å². The molecule has 2 aromatic rings. The standard InChI is InChI=1S/C24H33N5O5/c1-14(2)12-28-22-18(9-10-19(30)27-11-5-6-17(27)13-34-4)15(3)26-29(22)24(33)20(23(28)32)21(31)25-16-7-8-16/h9-10,14,16-17H,5-8,11-13H2,1-4H3,(H2,25,31,32,33)/p+1/b10-9+/t17-/m0/s1. The van der Waals surface area contributed by atoms with E-state index in [0.29, 0.717) is 36.6 Å². The zero-order valence-corrected chi connectivity index (χ0v) is 20.3. The van der Waals surface area contributed by atoms with Crippen LogP contribution in [-0.2, 0) is 16.1 Å². The van der Waals surface area contributed by atoms with Crippen molar-refractivity contribution >= 4 is 23.5 Å². The van der Waals surface area contributed by atoms with Crippen LogP contribution >= 0.6 is 0 Å². The SMILES string of the molecule is COC[C@@H]1CCCN1C(=O)/C=C/c1c(C)[nH]n2c(=O)c(C(=O)NC3CC3)c(O)[n+](CC(C)C)c12. The summed E-state index contributed by atoms with van der Waals surface area (Å²) in [5, 5.41) is 16.9. The van der Waals surface area contributed by atoms with E-state index in [1.165, 1.54) is 10.6 Å². The van der Waals surface area contributed by atoms with Crippen molar-refractivity contribution in [3.63, 3.8) is 0 Å². The Bertz CT molecular complexity index is 1190. The summed E-state index contributed by atoms with van der Waals surface area (Å²) in [6, 6.07) is 0.101. The van der Waals surface area contributed by atoms with Crippen LogP contribution in [0.25, 0.3) is 11.7 Å². The number of aromatic nitrogens is 3. The Labute approximate surface area is 198 Å². The molecule has 0 radical (unpaired) electrons. The van der Waals surface area contributed by atoms with Gasteiger partial charge in [-0.2, -0.15) is 4.57 Å². The Hall–Kier alpha value is -3.14. The van der Waals surface area contributed by atoms with Gasteiger partial charge in [0.1, 0.15) is 0 Å². The molecular weight excluding hydrogens is 438 g/mol. The largest absolute Gasteiger partial charge is 0.477 e. The van der Waals surface area contributed by atoms with E-state index in [0.717, 1.165) is 25.7 Å². The summed E-state index contributed by atoms with van der Waals surface area (Å²) in [5.41, 5.74) is 0.762. The van der Waals surface area contributed by atoms with E-state index in [4.69, 9.17) is 4.74 Å². The second-order valence-electron chi connectivity index (χ2n) is 9.68. The summed E-state index contributed by atoms with van der Waals surface area (Å²) in [6.07, 6.45) is 6.75. The predicted molar refractivity (Wildman–Crippen MR) is 126 cm³/mol. The van der Waals surface area contributed by atoms with E-state index < -0.39 is 11.5 Å². The van der Waals surface area contributed by atoms with E-state index in [9.17, 15) is 19.5 Å². The van der Waals surface area contributed by atoms with Gasteiger partial charge in [0, 0.05) is 25.8 Å². The molecule has 1 saturated carbocycles. The van der Waals surface area contributed by atoms with Gasteiger partial charge in [-0.05, 0) is 44.6 Å². The van der Waals surface area contributed by atoms with Crippen LogP contribution in [0.2, 0.25) is 0 Å². The van der Waals surface area contributed by atoms with Gasteiger partial charge in [-0.25, -0.2) is 9.89 Å². The number of hydrogen-bond donors (Lipinski definition) is 3. The Morgan fingerprint density at radius 1 is 1.32 bits per heavy atom. The number of carbonyl (C=O) groups is 2. The summed E-state index contributed by atoms with van der Waals surface area (Å²) >= 11 is 0. The van der Waals surface area contributed by atoms with Crippen LogP contribution in [0, 0.1) is 12.8 Å².